The zero-order chi connectivity index (χ0) is 21.6. The maximum atomic E-state index is 12.8. The summed E-state index contributed by atoms with van der Waals surface area (Å²) in [6, 6.07) is 5.15. The SMILES string of the molecule is Cc1ccc(CNC(=O)c2cc(Cl)c(C3(C)CS(=O)(=O)C(C)(C)C(N)N3)s2)nn1. The van der Waals surface area contributed by atoms with Crippen molar-refractivity contribution in [2.45, 2.75) is 50.7 Å². The third-order valence-electron chi connectivity index (χ3n) is 5.20. The second-order valence-corrected chi connectivity index (χ2v) is 12.0. The second-order valence-electron chi connectivity index (χ2n) is 7.95. The van der Waals surface area contributed by atoms with E-state index in [2.05, 4.69) is 20.8 Å². The fourth-order valence-electron chi connectivity index (χ4n) is 3.08. The zero-order valence-corrected chi connectivity index (χ0v) is 19.0. The molecule has 11 heteroatoms. The van der Waals surface area contributed by atoms with Gasteiger partial charge in [0.1, 0.15) is 0 Å². The molecule has 4 N–H and O–H groups in total. The number of rotatable bonds is 4. The summed E-state index contributed by atoms with van der Waals surface area (Å²) in [6.07, 6.45) is -0.776. The van der Waals surface area contributed by atoms with E-state index in [0.717, 1.165) is 17.0 Å². The first kappa shape index (κ1) is 22.1. The van der Waals surface area contributed by atoms with Gasteiger partial charge in [0.15, 0.2) is 9.84 Å². The summed E-state index contributed by atoms with van der Waals surface area (Å²) in [5.41, 5.74) is 6.55. The third kappa shape index (κ3) is 4.17. The molecule has 8 nitrogen and oxygen atoms in total. The molecule has 1 fully saturated rings. The van der Waals surface area contributed by atoms with Crippen LogP contribution in [0.5, 0.6) is 0 Å². The van der Waals surface area contributed by atoms with Crippen molar-refractivity contribution in [3.05, 3.63) is 44.4 Å². The number of carbonyl (C=O) groups excluding carboxylic acids is 1. The van der Waals surface area contributed by atoms with Crippen molar-refractivity contribution in [2.24, 2.45) is 5.73 Å². The predicted molar refractivity (Wildman–Crippen MR) is 114 cm³/mol. The number of amides is 1. The van der Waals surface area contributed by atoms with Crippen LogP contribution in [0.4, 0.5) is 0 Å². The molecule has 3 heterocycles. The van der Waals surface area contributed by atoms with Gasteiger partial charge in [-0.25, -0.2) is 8.42 Å². The van der Waals surface area contributed by atoms with Gasteiger partial charge in [0.2, 0.25) is 0 Å². The Hall–Kier alpha value is -1.59. The molecule has 2 unspecified atom stereocenters. The standard InChI is InChI=1S/C18H24ClN5O3S2/c1-10-5-6-11(24-23-10)8-21-15(25)13-7-12(19)14(28-13)18(4)9-29(26,27)17(2,3)16(20)22-18/h5-7,16,22H,8-9,20H2,1-4H3,(H,21,25). The van der Waals surface area contributed by atoms with Gasteiger partial charge in [-0.05, 0) is 45.9 Å². The molecule has 29 heavy (non-hydrogen) atoms. The average molecular weight is 458 g/mol. The Bertz CT molecular complexity index is 1040. The van der Waals surface area contributed by atoms with Crippen LogP contribution in [0.15, 0.2) is 18.2 Å². The first-order chi connectivity index (χ1) is 13.4. The number of carbonyl (C=O) groups is 1. The lowest BCUT2D eigenvalue weighted by molar-refractivity contribution is 0.0954. The molecule has 1 aliphatic rings. The Morgan fingerprint density at radius 1 is 1.38 bits per heavy atom. The Morgan fingerprint density at radius 2 is 2.07 bits per heavy atom. The van der Waals surface area contributed by atoms with Gasteiger partial charge in [0, 0.05) is 4.88 Å². The van der Waals surface area contributed by atoms with E-state index in [-0.39, 0.29) is 18.2 Å². The highest BCUT2D eigenvalue weighted by molar-refractivity contribution is 7.92. The Kier molecular flexibility index (Phi) is 5.78. The molecule has 2 aromatic rings. The monoisotopic (exact) mass is 457 g/mol. The Labute approximate surface area is 179 Å². The molecule has 0 bridgehead atoms. The van der Waals surface area contributed by atoms with Crippen LogP contribution >= 0.6 is 22.9 Å². The Morgan fingerprint density at radius 3 is 2.66 bits per heavy atom. The van der Waals surface area contributed by atoms with Gasteiger partial charge in [-0.15, -0.1) is 11.3 Å². The topological polar surface area (TPSA) is 127 Å². The molecule has 1 amide bonds. The van der Waals surface area contributed by atoms with Gasteiger partial charge in [0.25, 0.3) is 5.91 Å². The number of hydrogen-bond donors (Lipinski definition) is 3. The van der Waals surface area contributed by atoms with Crippen LogP contribution in [0, 0.1) is 6.92 Å². The van der Waals surface area contributed by atoms with Crippen molar-refractivity contribution in [2.75, 3.05) is 5.75 Å². The molecular weight excluding hydrogens is 434 g/mol. The minimum absolute atomic E-state index is 0.166. The number of nitrogens with one attached hydrogen (secondary N) is 2. The van der Waals surface area contributed by atoms with Crippen molar-refractivity contribution in [1.29, 1.82) is 0 Å². The molecule has 0 aromatic carbocycles. The lowest BCUT2D eigenvalue weighted by Crippen LogP contribution is -2.69. The highest BCUT2D eigenvalue weighted by Crippen LogP contribution is 2.41. The lowest BCUT2D eigenvalue weighted by Gasteiger charge is -2.46. The van der Waals surface area contributed by atoms with E-state index in [4.69, 9.17) is 17.3 Å². The van der Waals surface area contributed by atoms with Crippen molar-refractivity contribution in [1.82, 2.24) is 20.8 Å². The minimum atomic E-state index is -3.50. The summed E-state index contributed by atoms with van der Waals surface area (Å²) in [5, 5.41) is 14.3. The third-order valence-corrected chi connectivity index (χ3v) is 9.82. The van der Waals surface area contributed by atoms with E-state index in [1.165, 1.54) is 0 Å². The average Bonchev–Trinajstić information content (AvgIpc) is 3.02. The van der Waals surface area contributed by atoms with Crippen LogP contribution in [0.3, 0.4) is 0 Å². The number of aryl methyl sites for hydroxylation is 1. The van der Waals surface area contributed by atoms with Gasteiger partial charge in [0.05, 0.1) is 50.0 Å². The fourth-order valence-corrected chi connectivity index (χ4v) is 6.55. The van der Waals surface area contributed by atoms with Crippen LogP contribution in [-0.2, 0) is 21.9 Å². The van der Waals surface area contributed by atoms with Gasteiger partial charge < -0.3 is 11.1 Å². The minimum Gasteiger partial charge on any atom is -0.346 e. The molecule has 3 rings (SSSR count). The molecule has 2 atom stereocenters. The number of thiophene rings is 1. The van der Waals surface area contributed by atoms with Gasteiger partial charge in [-0.2, -0.15) is 10.2 Å². The molecule has 2 aromatic heterocycles. The maximum absolute atomic E-state index is 12.8. The number of aromatic nitrogens is 2. The fraction of sp³-hybridized carbons (Fsp3) is 0.500. The molecule has 0 radical (unpaired) electrons. The maximum Gasteiger partial charge on any atom is 0.261 e. The van der Waals surface area contributed by atoms with Crippen LogP contribution in [0.25, 0.3) is 0 Å². The van der Waals surface area contributed by atoms with Crippen molar-refractivity contribution in [3.63, 3.8) is 0 Å². The number of halogens is 1. The predicted octanol–water partition coefficient (Wildman–Crippen LogP) is 1.73. The number of nitrogens with zero attached hydrogens (tertiary/aromatic N) is 2. The number of nitrogens with two attached hydrogens (primary N) is 1. The van der Waals surface area contributed by atoms with Crippen LogP contribution in [0.1, 0.15) is 46.7 Å². The van der Waals surface area contributed by atoms with Gasteiger partial charge in [-0.3, -0.25) is 10.1 Å². The van der Waals surface area contributed by atoms with E-state index < -0.39 is 26.3 Å². The highest BCUT2D eigenvalue weighted by atomic mass is 35.5. The largest absolute Gasteiger partial charge is 0.346 e. The van der Waals surface area contributed by atoms with Crippen LogP contribution in [-0.4, -0.2) is 41.2 Å². The van der Waals surface area contributed by atoms with E-state index in [1.54, 1.807) is 32.9 Å². The summed E-state index contributed by atoms with van der Waals surface area (Å²) in [7, 11) is -3.50. The molecular formula is C18H24ClN5O3S2. The van der Waals surface area contributed by atoms with Crippen molar-refractivity contribution >= 4 is 38.7 Å². The van der Waals surface area contributed by atoms with Gasteiger partial charge >= 0.3 is 0 Å². The van der Waals surface area contributed by atoms with Crippen molar-refractivity contribution < 1.29 is 13.2 Å². The molecule has 1 aliphatic heterocycles. The summed E-state index contributed by atoms with van der Waals surface area (Å²) < 4.78 is 24.5. The smallest absolute Gasteiger partial charge is 0.261 e. The molecule has 1 saturated heterocycles. The van der Waals surface area contributed by atoms with Crippen LogP contribution in [0.2, 0.25) is 5.02 Å². The summed E-state index contributed by atoms with van der Waals surface area (Å²) in [4.78, 5) is 13.5. The molecule has 0 spiro atoms. The van der Waals surface area contributed by atoms with Gasteiger partial charge in [-0.1, -0.05) is 11.6 Å². The molecule has 0 aliphatic carbocycles. The molecule has 0 saturated carbocycles. The normalized spacial score (nSPS) is 25.5. The van der Waals surface area contributed by atoms with E-state index in [9.17, 15) is 13.2 Å². The second kappa shape index (κ2) is 7.59. The van der Waals surface area contributed by atoms with Crippen molar-refractivity contribution in [3.8, 4) is 0 Å². The number of sulfone groups is 1. The zero-order valence-electron chi connectivity index (χ0n) is 16.6. The summed E-state index contributed by atoms with van der Waals surface area (Å²) in [6.45, 7) is 6.99. The highest BCUT2D eigenvalue weighted by Gasteiger charge is 2.52. The van der Waals surface area contributed by atoms with Crippen LogP contribution < -0.4 is 16.4 Å². The first-order valence-corrected chi connectivity index (χ1v) is 11.8. The first-order valence-electron chi connectivity index (χ1n) is 8.98. The van der Waals surface area contributed by atoms with E-state index in [1.807, 2.05) is 13.0 Å². The Balaban J connectivity index is 1.81. The number of hydrogen-bond acceptors (Lipinski definition) is 8. The lowest BCUT2D eigenvalue weighted by atomic mass is 9.99. The summed E-state index contributed by atoms with van der Waals surface area (Å²) in [5.74, 6) is -0.488. The van der Waals surface area contributed by atoms with E-state index >= 15 is 0 Å². The quantitative estimate of drug-likeness (QED) is 0.637. The molecule has 158 valence electrons. The summed E-state index contributed by atoms with van der Waals surface area (Å²) >= 11 is 7.54. The van der Waals surface area contributed by atoms with E-state index in [0.29, 0.717) is 20.5 Å².